The third-order valence-electron chi connectivity index (χ3n) is 3.77. The van der Waals surface area contributed by atoms with Gasteiger partial charge in [0.2, 0.25) is 0 Å². The number of nitrogens with zero attached hydrogens (tertiary/aromatic N) is 2. The van der Waals surface area contributed by atoms with Crippen molar-refractivity contribution in [2.45, 2.75) is 31.5 Å². The smallest absolute Gasteiger partial charge is 0.111 e. The molecule has 1 saturated heterocycles. The number of benzene rings is 1. The molecule has 1 aliphatic heterocycles. The van der Waals surface area contributed by atoms with Crippen molar-refractivity contribution in [3.63, 3.8) is 0 Å². The van der Waals surface area contributed by atoms with E-state index in [4.69, 9.17) is 4.74 Å². The second-order valence-corrected chi connectivity index (χ2v) is 5.22. The Labute approximate surface area is 112 Å². The SMILES string of the molecule is CC1(C(O)c2cnn(-c3ccccc3)c2)CCCO1. The molecule has 1 aromatic carbocycles. The van der Waals surface area contributed by atoms with Crippen LogP contribution in [0.3, 0.4) is 0 Å². The first-order chi connectivity index (χ1) is 9.19. The van der Waals surface area contributed by atoms with Crippen molar-refractivity contribution >= 4 is 0 Å². The second-order valence-electron chi connectivity index (χ2n) is 5.22. The lowest BCUT2D eigenvalue weighted by molar-refractivity contribution is -0.0796. The van der Waals surface area contributed by atoms with Crippen LogP contribution < -0.4 is 0 Å². The van der Waals surface area contributed by atoms with Crippen LogP contribution in [0.15, 0.2) is 42.7 Å². The fraction of sp³-hybridized carbons (Fsp3) is 0.400. The molecule has 1 aromatic heterocycles. The van der Waals surface area contributed by atoms with Crippen LogP contribution in [0, 0.1) is 0 Å². The number of para-hydroxylation sites is 1. The minimum atomic E-state index is -0.632. The van der Waals surface area contributed by atoms with Gasteiger partial charge in [0.25, 0.3) is 0 Å². The van der Waals surface area contributed by atoms with Gasteiger partial charge >= 0.3 is 0 Å². The number of aliphatic hydroxyl groups is 1. The Hall–Kier alpha value is -1.65. The van der Waals surface area contributed by atoms with Crippen molar-refractivity contribution in [3.05, 3.63) is 48.3 Å². The quantitative estimate of drug-likeness (QED) is 0.920. The summed E-state index contributed by atoms with van der Waals surface area (Å²) in [6, 6.07) is 9.87. The molecule has 4 heteroatoms. The molecule has 1 aliphatic rings. The number of aliphatic hydroxyl groups excluding tert-OH is 1. The minimum Gasteiger partial charge on any atom is -0.385 e. The molecule has 100 valence electrons. The van der Waals surface area contributed by atoms with E-state index in [2.05, 4.69) is 5.10 Å². The van der Waals surface area contributed by atoms with E-state index in [1.165, 1.54) is 0 Å². The maximum absolute atomic E-state index is 10.5. The Morgan fingerprint density at radius 1 is 1.37 bits per heavy atom. The Bertz CT molecular complexity index is 544. The summed E-state index contributed by atoms with van der Waals surface area (Å²) in [5.41, 5.74) is 1.30. The Balaban J connectivity index is 1.85. The average Bonchev–Trinajstić information content (AvgIpc) is 3.09. The van der Waals surface area contributed by atoms with E-state index in [1.807, 2.05) is 43.5 Å². The highest BCUT2D eigenvalue weighted by molar-refractivity contribution is 5.31. The molecule has 4 nitrogen and oxygen atoms in total. The predicted molar refractivity (Wildman–Crippen MR) is 72.1 cm³/mol. The maximum atomic E-state index is 10.5. The van der Waals surface area contributed by atoms with E-state index in [1.54, 1.807) is 10.9 Å². The van der Waals surface area contributed by atoms with Gasteiger partial charge in [0, 0.05) is 18.4 Å². The lowest BCUT2D eigenvalue weighted by atomic mass is 9.92. The van der Waals surface area contributed by atoms with Gasteiger partial charge in [-0.15, -0.1) is 0 Å². The van der Waals surface area contributed by atoms with Crippen molar-refractivity contribution in [2.75, 3.05) is 6.61 Å². The van der Waals surface area contributed by atoms with Gasteiger partial charge in [-0.05, 0) is 31.9 Å². The van der Waals surface area contributed by atoms with E-state index >= 15 is 0 Å². The maximum Gasteiger partial charge on any atom is 0.111 e. The van der Waals surface area contributed by atoms with E-state index in [0.29, 0.717) is 0 Å². The molecule has 2 unspecified atom stereocenters. The number of aromatic nitrogens is 2. The molecule has 0 amide bonds. The van der Waals surface area contributed by atoms with Crippen molar-refractivity contribution in [1.29, 1.82) is 0 Å². The molecule has 0 radical (unpaired) electrons. The lowest BCUT2D eigenvalue weighted by Crippen LogP contribution is -2.31. The lowest BCUT2D eigenvalue weighted by Gasteiger charge is -2.28. The summed E-state index contributed by atoms with van der Waals surface area (Å²) < 4.78 is 7.46. The number of rotatable bonds is 3. The third kappa shape index (κ3) is 2.29. The number of hydrogen-bond donors (Lipinski definition) is 1. The van der Waals surface area contributed by atoms with Gasteiger partial charge in [-0.2, -0.15) is 5.10 Å². The van der Waals surface area contributed by atoms with Crippen LogP contribution in [0.25, 0.3) is 5.69 Å². The summed E-state index contributed by atoms with van der Waals surface area (Å²) >= 11 is 0. The number of hydrogen-bond acceptors (Lipinski definition) is 3. The van der Waals surface area contributed by atoms with Gasteiger partial charge in [-0.3, -0.25) is 0 Å². The molecular formula is C15H18N2O2. The summed E-state index contributed by atoms with van der Waals surface area (Å²) in [4.78, 5) is 0. The van der Waals surface area contributed by atoms with E-state index < -0.39 is 11.7 Å². The molecule has 2 heterocycles. The van der Waals surface area contributed by atoms with Crippen molar-refractivity contribution in [3.8, 4) is 5.69 Å². The monoisotopic (exact) mass is 258 g/mol. The average molecular weight is 258 g/mol. The zero-order chi connectivity index (χ0) is 13.3. The van der Waals surface area contributed by atoms with Crippen LogP contribution in [0.2, 0.25) is 0 Å². The largest absolute Gasteiger partial charge is 0.385 e. The van der Waals surface area contributed by atoms with Gasteiger partial charge in [0.05, 0.1) is 17.5 Å². The van der Waals surface area contributed by atoms with Crippen molar-refractivity contribution in [1.82, 2.24) is 9.78 Å². The molecular weight excluding hydrogens is 240 g/mol. The highest BCUT2D eigenvalue weighted by atomic mass is 16.5. The third-order valence-corrected chi connectivity index (χ3v) is 3.77. The van der Waals surface area contributed by atoms with Crippen LogP contribution in [0.1, 0.15) is 31.4 Å². The molecule has 1 fully saturated rings. The van der Waals surface area contributed by atoms with Crippen LogP contribution in [-0.4, -0.2) is 27.1 Å². The topological polar surface area (TPSA) is 47.3 Å². The first-order valence-electron chi connectivity index (χ1n) is 6.61. The van der Waals surface area contributed by atoms with Gasteiger partial charge in [0.1, 0.15) is 6.10 Å². The summed E-state index contributed by atoms with van der Waals surface area (Å²) in [5, 5.41) is 14.8. The summed E-state index contributed by atoms with van der Waals surface area (Å²) in [7, 11) is 0. The molecule has 19 heavy (non-hydrogen) atoms. The molecule has 3 rings (SSSR count). The molecule has 0 saturated carbocycles. The van der Waals surface area contributed by atoms with E-state index in [0.717, 1.165) is 30.7 Å². The highest BCUT2D eigenvalue weighted by Gasteiger charge is 2.38. The predicted octanol–water partition coefficient (Wildman–Crippen LogP) is 2.47. The van der Waals surface area contributed by atoms with Gasteiger partial charge in [-0.1, -0.05) is 18.2 Å². The zero-order valence-corrected chi connectivity index (χ0v) is 11.0. The Morgan fingerprint density at radius 2 is 2.16 bits per heavy atom. The second kappa shape index (κ2) is 4.79. The van der Waals surface area contributed by atoms with Crippen molar-refractivity contribution < 1.29 is 9.84 Å². The molecule has 1 N–H and O–H groups in total. The van der Waals surface area contributed by atoms with Gasteiger partial charge in [0.15, 0.2) is 0 Å². The first-order valence-corrected chi connectivity index (χ1v) is 6.61. The molecule has 2 atom stereocenters. The molecule has 0 bridgehead atoms. The molecule has 0 spiro atoms. The summed E-state index contributed by atoms with van der Waals surface area (Å²) in [6.07, 6.45) is 4.83. The van der Waals surface area contributed by atoms with Gasteiger partial charge in [-0.25, -0.2) is 4.68 Å². The van der Waals surface area contributed by atoms with Crippen LogP contribution >= 0.6 is 0 Å². The Morgan fingerprint density at radius 3 is 2.84 bits per heavy atom. The van der Waals surface area contributed by atoms with Crippen LogP contribution in [0.5, 0.6) is 0 Å². The summed E-state index contributed by atoms with van der Waals surface area (Å²) in [5.74, 6) is 0. The van der Waals surface area contributed by atoms with Crippen molar-refractivity contribution in [2.24, 2.45) is 0 Å². The molecule has 0 aliphatic carbocycles. The standard InChI is InChI=1S/C15H18N2O2/c1-15(8-5-9-19-15)14(18)12-10-16-17(11-12)13-6-3-2-4-7-13/h2-4,6-7,10-11,14,18H,5,8-9H2,1H3. The fourth-order valence-electron chi connectivity index (χ4n) is 2.57. The minimum absolute atomic E-state index is 0.482. The normalized spacial score (nSPS) is 24.5. The summed E-state index contributed by atoms with van der Waals surface area (Å²) in [6.45, 7) is 2.69. The number of ether oxygens (including phenoxy) is 1. The zero-order valence-electron chi connectivity index (χ0n) is 11.0. The van der Waals surface area contributed by atoms with E-state index in [9.17, 15) is 5.11 Å². The van der Waals surface area contributed by atoms with E-state index in [-0.39, 0.29) is 0 Å². The van der Waals surface area contributed by atoms with Crippen LogP contribution in [-0.2, 0) is 4.74 Å². The fourth-order valence-corrected chi connectivity index (χ4v) is 2.57. The van der Waals surface area contributed by atoms with Crippen LogP contribution in [0.4, 0.5) is 0 Å². The molecule has 2 aromatic rings. The highest BCUT2D eigenvalue weighted by Crippen LogP contribution is 2.37. The first kappa shape index (κ1) is 12.4. The Kier molecular flexibility index (Phi) is 3.12. The van der Waals surface area contributed by atoms with Gasteiger partial charge < -0.3 is 9.84 Å².